The van der Waals surface area contributed by atoms with E-state index in [0.717, 1.165) is 0 Å². The van der Waals surface area contributed by atoms with Crippen LogP contribution in [0.5, 0.6) is 0 Å². The zero-order chi connectivity index (χ0) is 13.5. The van der Waals surface area contributed by atoms with Crippen LogP contribution in [0.2, 0.25) is 0 Å². The predicted molar refractivity (Wildman–Crippen MR) is 65.0 cm³/mol. The van der Waals surface area contributed by atoms with Gasteiger partial charge in [0.25, 0.3) is 0 Å². The Morgan fingerprint density at radius 2 is 2.22 bits per heavy atom. The predicted octanol–water partition coefficient (Wildman–Crippen LogP) is 1.01. The summed E-state index contributed by atoms with van der Waals surface area (Å²) >= 11 is 0. The summed E-state index contributed by atoms with van der Waals surface area (Å²) in [7, 11) is 0. The second-order valence-electron chi connectivity index (χ2n) is 3.48. The number of hydrogen-bond acceptors (Lipinski definition) is 5. The van der Waals surface area contributed by atoms with E-state index >= 15 is 0 Å². The Bertz CT molecular complexity index is 508. The molecule has 0 radical (unpaired) electrons. The topological polar surface area (TPSA) is 108 Å². The zero-order valence-corrected chi connectivity index (χ0v) is 9.77. The molecule has 0 aliphatic rings. The van der Waals surface area contributed by atoms with E-state index in [2.05, 4.69) is 10.6 Å². The fourth-order valence-electron chi connectivity index (χ4n) is 1.41. The number of nitro groups is 1. The van der Waals surface area contributed by atoms with Crippen molar-refractivity contribution in [1.29, 1.82) is 5.26 Å². The summed E-state index contributed by atoms with van der Waals surface area (Å²) in [6, 6.07) is 6.24. The van der Waals surface area contributed by atoms with Gasteiger partial charge in [-0.05, 0) is 12.1 Å². The van der Waals surface area contributed by atoms with Crippen LogP contribution in [0.4, 0.5) is 11.4 Å². The number of nitriles is 1. The molecule has 7 nitrogen and oxygen atoms in total. The highest BCUT2D eigenvalue weighted by Crippen LogP contribution is 2.27. The lowest BCUT2D eigenvalue weighted by Gasteiger charge is -2.07. The smallest absolute Gasteiger partial charge is 0.309 e. The molecule has 0 atom stereocenters. The second-order valence-corrected chi connectivity index (χ2v) is 3.48. The molecule has 0 spiro atoms. The number of amides is 1. The van der Waals surface area contributed by atoms with Gasteiger partial charge in [0.1, 0.15) is 17.3 Å². The minimum atomic E-state index is -0.598. The maximum Gasteiger partial charge on any atom is 0.309 e. The number of carbonyl (C=O) groups excluding carboxylic acids is 1. The van der Waals surface area contributed by atoms with Gasteiger partial charge in [-0.15, -0.1) is 0 Å². The Balaban J connectivity index is 2.80. The number of hydrogen-bond donors (Lipinski definition) is 2. The summed E-state index contributed by atoms with van der Waals surface area (Å²) in [5.74, 6) is -0.169. The van der Waals surface area contributed by atoms with E-state index < -0.39 is 4.92 Å². The minimum absolute atomic E-state index is 0.00419. The second kappa shape index (κ2) is 6.20. The maximum absolute atomic E-state index is 10.9. The van der Waals surface area contributed by atoms with Gasteiger partial charge in [0.05, 0.1) is 4.92 Å². The van der Waals surface area contributed by atoms with Crippen molar-refractivity contribution >= 4 is 17.3 Å². The SMILES string of the molecule is CC(=O)NCCNc1cccc(C#N)c1[N+](=O)[O-]. The molecule has 0 saturated heterocycles. The summed E-state index contributed by atoms with van der Waals surface area (Å²) in [5.41, 5.74) is 0.0248. The molecule has 0 aromatic heterocycles. The number of rotatable bonds is 5. The quantitative estimate of drug-likeness (QED) is 0.459. The van der Waals surface area contributed by atoms with Gasteiger partial charge in [0, 0.05) is 20.0 Å². The van der Waals surface area contributed by atoms with Crippen LogP contribution in [0, 0.1) is 21.4 Å². The molecular formula is C11H12N4O3. The first-order valence-electron chi connectivity index (χ1n) is 5.22. The van der Waals surface area contributed by atoms with Crippen molar-refractivity contribution in [3.8, 4) is 6.07 Å². The van der Waals surface area contributed by atoms with Crippen LogP contribution in [-0.2, 0) is 4.79 Å². The van der Waals surface area contributed by atoms with E-state index in [1.54, 1.807) is 12.1 Å². The Kier molecular flexibility index (Phi) is 4.63. The van der Waals surface area contributed by atoms with Gasteiger partial charge in [0.15, 0.2) is 0 Å². The molecular weight excluding hydrogens is 236 g/mol. The fraction of sp³-hybridized carbons (Fsp3) is 0.273. The molecule has 0 aliphatic heterocycles. The van der Waals surface area contributed by atoms with E-state index in [4.69, 9.17) is 5.26 Å². The number of anilines is 1. The van der Waals surface area contributed by atoms with E-state index in [9.17, 15) is 14.9 Å². The first-order chi connectivity index (χ1) is 8.56. The van der Waals surface area contributed by atoms with Crippen molar-refractivity contribution in [2.24, 2.45) is 0 Å². The third kappa shape index (κ3) is 3.45. The Morgan fingerprint density at radius 3 is 2.78 bits per heavy atom. The standard InChI is InChI=1S/C11H12N4O3/c1-8(16)13-5-6-14-10-4-2-3-9(7-12)11(10)15(17)18/h2-4,14H,5-6H2,1H3,(H,13,16). The van der Waals surface area contributed by atoms with E-state index in [1.165, 1.54) is 19.1 Å². The number of carbonyl (C=O) groups is 1. The molecule has 0 fully saturated rings. The molecule has 0 saturated carbocycles. The third-order valence-electron chi connectivity index (χ3n) is 2.15. The zero-order valence-electron chi connectivity index (χ0n) is 9.77. The van der Waals surface area contributed by atoms with Crippen molar-refractivity contribution < 1.29 is 9.72 Å². The monoisotopic (exact) mass is 248 g/mol. The molecule has 1 aromatic carbocycles. The highest BCUT2D eigenvalue weighted by Gasteiger charge is 2.18. The van der Waals surface area contributed by atoms with Crippen LogP contribution in [0.1, 0.15) is 12.5 Å². The molecule has 0 aliphatic carbocycles. The van der Waals surface area contributed by atoms with Crippen LogP contribution in [0.25, 0.3) is 0 Å². The molecule has 0 bridgehead atoms. The lowest BCUT2D eigenvalue weighted by atomic mass is 10.1. The van der Waals surface area contributed by atoms with Crippen molar-refractivity contribution in [2.75, 3.05) is 18.4 Å². The summed E-state index contributed by atoms with van der Waals surface area (Å²) in [6.07, 6.45) is 0. The number of benzene rings is 1. The average molecular weight is 248 g/mol. The lowest BCUT2D eigenvalue weighted by Crippen LogP contribution is -2.26. The molecule has 1 rings (SSSR count). The van der Waals surface area contributed by atoms with Crippen LogP contribution in [0.15, 0.2) is 18.2 Å². The Labute approximate surface area is 104 Å². The molecule has 1 aromatic rings. The van der Waals surface area contributed by atoms with E-state index in [0.29, 0.717) is 13.1 Å². The molecule has 2 N–H and O–H groups in total. The third-order valence-corrected chi connectivity index (χ3v) is 2.15. The van der Waals surface area contributed by atoms with Gasteiger partial charge in [-0.2, -0.15) is 5.26 Å². The maximum atomic E-state index is 10.9. The van der Waals surface area contributed by atoms with E-state index in [-0.39, 0.29) is 22.8 Å². The van der Waals surface area contributed by atoms with Crippen LogP contribution in [0.3, 0.4) is 0 Å². The number of nitrogens with zero attached hydrogens (tertiary/aromatic N) is 2. The summed E-state index contributed by atoms with van der Waals surface area (Å²) in [5, 5.41) is 25.1. The molecule has 7 heteroatoms. The van der Waals surface area contributed by atoms with Crippen molar-refractivity contribution in [2.45, 2.75) is 6.92 Å². The Morgan fingerprint density at radius 1 is 1.50 bits per heavy atom. The fourth-order valence-corrected chi connectivity index (χ4v) is 1.41. The highest BCUT2D eigenvalue weighted by molar-refractivity contribution is 5.73. The molecule has 18 heavy (non-hydrogen) atoms. The highest BCUT2D eigenvalue weighted by atomic mass is 16.6. The van der Waals surface area contributed by atoms with Gasteiger partial charge in [-0.3, -0.25) is 14.9 Å². The molecule has 0 heterocycles. The number of nitro benzene ring substituents is 1. The minimum Gasteiger partial charge on any atom is -0.378 e. The lowest BCUT2D eigenvalue weighted by molar-refractivity contribution is -0.384. The van der Waals surface area contributed by atoms with Crippen LogP contribution >= 0.6 is 0 Å². The van der Waals surface area contributed by atoms with Gasteiger partial charge in [-0.25, -0.2) is 0 Å². The molecule has 0 unspecified atom stereocenters. The van der Waals surface area contributed by atoms with Gasteiger partial charge in [-0.1, -0.05) is 6.07 Å². The largest absolute Gasteiger partial charge is 0.378 e. The first-order valence-corrected chi connectivity index (χ1v) is 5.22. The van der Waals surface area contributed by atoms with Gasteiger partial charge >= 0.3 is 5.69 Å². The first kappa shape index (κ1) is 13.4. The van der Waals surface area contributed by atoms with Crippen molar-refractivity contribution in [1.82, 2.24) is 5.32 Å². The Hall–Kier alpha value is -2.62. The molecule has 94 valence electrons. The average Bonchev–Trinajstić information content (AvgIpc) is 2.33. The summed E-state index contributed by atoms with van der Waals surface area (Å²) < 4.78 is 0. The molecule has 1 amide bonds. The van der Waals surface area contributed by atoms with Crippen LogP contribution in [-0.4, -0.2) is 23.9 Å². The van der Waals surface area contributed by atoms with Gasteiger partial charge in [0.2, 0.25) is 5.91 Å². The number of nitrogens with one attached hydrogen (secondary N) is 2. The summed E-state index contributed by atoms with van der Waals surface area (Å²) in [6.45, 7) is 2.08. The van der Waals surface area contributed by atoms with Gasteiger partial charge < -0.3 is 10.6 Å². The van der Waals surface area contributed by atoms with Crippen LogP contribution < -0.4 is 10.6 Å². The normalized spacial score (nSPS) is 9.33. The van der Waals surface area contributed by atoms with Crippen molar-refractivity contribution in [3.63, 3.8) is 0 Å². The van der Waals surface area contributed by atoms with Crippen molar-refractivity contribution in [3.05, 3.63) is 33.9 Å². The summed E-state index contributed by atoms with van der Waals surface area (Å²) in [4.78, 5) is 20.9. The number of para-hydroxylation sites is 1. The van der Waals surface area contributed by atoms with E-state index in [1.807, 2.05) is 0 Å².